The highest BCUT2D eigenvalue weighted by atomic mass is 16.5. The molecule has 19 heavy (non-hydrogen) atoms. The van der Waals surface area contributed by atoms with Gasteiger partial charge >= 0.3 is 0 Å². The molecule has 1 aromatic rings. The van der Waals surface area contributed by atoms with Crippen LogP contribution in [-0.2, 0) is 4.74 Å². The molecule has 1 aromatic heterocycles. The van der Waals surface area contributed by atoms with E-state index in [1.807, 2.05) is 6.92 Å². The summed E-state index contributed by atoms with van der Waals surface area (Å²) in [6.07, 6.45) is 5.14. The number of carbonyl (C=O) groups excluding carboxylic acids is 1. The monoisotopic (exact) mass is 265 g/mol. The van der Waals surface area contributed by atoms with E-state index in [1.165, 1.54) is 0 Å². The highest BCUT2D eigenvalue weighted by Gasteiger charge is 2.09. The number of nitrogens with one attached hydrogen (secondary N) is 2. The lowest BCUT2D eigenvalue weighted by Crippen LogP contribution is -2.26. The lowest BCUT2D eigenvalue weighted by molar-refractivity contribution is 0.0942. The van der Waals surface area contributed by atoms with Crippen LogP contribution in [0.4, 0.5) is 5.69 Å². The van der Waals surface area contributed by atoms with Gasteiger partial charge in [-0.25, -0.2) is 0 Å². The third-order valence-electron chi connectivity index (χ3n) is 2.53. The van der Waals surface area contributed by atoms with Crippen molar-refractivity contribution in [3.8, 4) is 0 Å². The van der Waals surface area contributed by atoms with Crippen molar-refractivity contribution in [2.24, 2.45) is 0 Å². The molecule has 0 aliphatic carbocycles. The number of rotatable bonds is 9. The molecule has 0 aliphatic rings. The van der Waals surface area contributed by atoms with Gasteiger partial charge in [0.15, 0.2) is 0 Å². The van der Waals surface area contributed by atoms with Gasteiger partial charge in [-0.15, -0.1) is 0 Å². The van der Waals surface area contributed by atoms with Crippen molar-refractivity contribution in [1.82, 2.24) is 10.3 Å². The van der Waals surface area contributed by atoms with Crippen LogP contribution in [0.2, 0.25) is 0 Å². The Labute approximate surface area is 114 Å². The normalized spacial score (nSPS) is 10.2. The third-order valence-corrected chi connectivity index (χ3v) is 2.53. The van der Waals surface area contributed by atoms with E-state index < -0.39 is 0 Å². The summed E-state index contributed by atoms with van der Waals surface area (Å²) in [5, 5.41) is 6.02. The zero-order chi connectivity index (χ0) is 13.9. The molecule has 0 aromatic carbocycles. The van der Waals surface area contributed by atoms with Crippen LogP contribution < -0.4 is 10.6 Å². The van der Waals surface area contributed by atoms with Gasteiger partial charge in [0.05, 0.1) is 17.4 Å². The molecule has 0 radical (unpaired) electrons. The van der Waals surface area contributed by atoms with Crippen LogP contribution in [0.5, 0.6) is 0 Å². The molecule has 5 nitrogen and oxygen atoms in total. The van der Waals surface area contributed by atoms with E-state index in [1.54, 1.807) is 18.5 Å². The van der Waals surface area contributed by atoms with Crippen LogP contribution in [0.1, 0.15) is 37.0 Å². The zero-order valence-electron chi connectivity index (χ0n) is 11.7. The summed E-state index contributed by atoms with van der Waals surface area (Å²) in [4.78, 5) is 16.0. The molecule has 0 fully saturated rings. The first-order valence-corrected chi connectivity index (χ1v) is 6.83. The number of hydrogen-bond acceptors (Lipinski definition) is 4. The zero-order valence-corrected chi connectivity index (χ0v) is 11.7. The van der Waals surface area contributed by atoms with Crippen LogP contribution in [0.25, 0.3) is 0 Å². The summed E-state index contributed by atoms with van der Waals surface area (Å²) in [6, 6.07) is 1.72. The Kier molecular flexibility index (Phi) is 7.58. The van der Waals surface area contributed by atoms with Crippen LogP contribution in [0.15, 0.2) is 18.5 Å². The van der Waals surface area contributed by atoms with Gasteiger partial charge in [-0.05, 0) is 25.8 Å². The lowest BCUT2D eigenvalue weighted by Gasteiger charge is -2.10. The van der Waals surface area contributed by atoms with Gasteiger partial charge in [0.2, 0.25) is 0 Å². The molecule has 5 heteroatoms. The lowest BCUT2D eigenvalue weighted by atomic mass is 10.2. The average molecular weight is 265 g/mol. The maximum Gasteiger partial charge on any atom is 0.253 e. The molecule has 0 unspecified atom stereocenters. The maximum atomic E-state index is 12.0. The van der Waals surface area contributed by atoms with Gasteiger partial charge in [0.1, 0.15) is 0 Å². The SMILES string of the molecule is CCCOCCCNC(=O)c1ccncc1NCC. The topological polar surface area (TPSA) is 63.2 Å². The second kappa shape index (κ2) is 9.33. The minimum atomic E-state index is -0.0751. The molecule has 2 N–H and O–H groups in total. The Balaban J connectivity index is 2.36. The smallest absolute Gasteiger partial charge is 0.253 e. The van der Waals surface area contributed by atoms with E-state index in [-0.39, 0.29) is 5.91 Å². The second-order valence-corrected chi connectivity index (χ2v) is 4.17. The molecule has 1 amide bonds. The molecule has 1 rings (SSSR count). The molecule has 106 valence electrons. The van der Waals surface area contributed by atoms with E-state index in [0.29, 0.717) is 18.7 Å². The standard InChI is InChI=1S/C14H23N3O2/c1-3-9-19-10-5-7-17-14(18)12-6-8-15-11-13(12)16-4-2/h6,8,11,16H,3-5,7,9-10H2,1-2H3,(H,17,18). The van der Waals surface area contributed by atoms with Gasteiger partial charge in [-0.2, -0.15) is 0 Å². The van der Waals surface area contributed by atoms with Crippen molar-refractivity contribution in [1.29, 1.82) is 0 Å². The van der Waals surface area contributed by atoms with E-state index >= 15 is 0 Å². The number of hydrogen-bond donors (Lipinski definition) is 2. The summed E-state index contributed by atoms with van der Waals surface area (Å²) in [6.45, 7) is 6.91. The van der Waals surface area contributed by atoms with Crippen molar-refractivity contribution in [3.05, 3.63) is 24.0 Å². The molecule has 1 heterocycles. The van der Waals surface area contributed by atoms with Crippen LogP contribution in [0.3, 0.4) is 0 Å². The summed E-state index contributed by atoms with van der Waals surface area (Å²) in [5.74, 6) is -0.0751. The quantitative estimate of drug-likeness (QED) is 0.671. The number of carbonyl (C=O) groups is 1. The Hall–Kier alpha value is -1.62. The molecule has 0 spiro atoms. The summed E-state index contributed by atoms with van der Waals surface area (Å²) in [5.41, 5.74) is 1.40. The van der Waals surface area contributed by atoms with E-state index in [0.717, 1.165) is 31.7 Å². The molecule has 0 saturated carbocycles. The van der Waals surface area contributed by atoms with Gasteiger partial charge in [0.25, 0.3) is 5.91 Å². The molecular weight excluding hydrogens is 242 g/mol. The first kappa shape index (κ1) is 15.4. The predicted octanol–water partition coefficient (Wildman–Crippen LogP) is 2.06. The summed E-state index contributed by atoms with van der Waals surface area (Å²) < 4.78 is 5.36. The van der Waals surface area contributed by atoms with Crippen LogP contribution >= 0.6 is 0 Å². The molecule has 0 aliphatic heterocycles. The van der Waals surface area contributed by atoms with Crippen molar-refractivity contribution in [3.63, 3.8) is 0 Å². The number of anilines is 1. The fraction of sp³-hybridized carbons (Fsp3) is 0.571. The third kappa shape index (κ3) is 5.70. The van der Waals surface area contributed by atoms with Gasteiger partial charge in [0, 0.05) is 32.5 Å². The molecule has 0 atom stereocenters. The Morgan fingerprint density at radius 3 is 2.95 bits per heavy atom. The van der Waals surface area contributed by atoms with E-state index in [2.05, 4.69) is 22.5 Å². The van der Waals surface area contributed by atoms with Gasteiger partial charge in [-0.1, -0.05) is 6.92 Å². The van der Waals surface area contributed by atoms with Crippen LogP contribution in [0, 0.1) is 0 Å². The average Bonchev–Trinajstić information content (AvgIpc) is 2.43. The van der Waals surface area contributed by atoms with E-state index in [4.69, 9.17) is 4.74 Å². The fourth-order valence-corrected chi connectivity index (χ4v) is 1.64. The Bertz CT molecular complexity index is 383. The first-order valence-electron chi connectivity index (χ1n) is 6.83. The number of nitrogens with zero attached hydrogens (tertiary/aromatic N) is 1. The van der Waals surface area contributed by atoms with Crippen molar-refractivity contribution < 1.29 is 9.53 Å². The number of ether oxygens (including phenoxy) is 1. The van der Waals surface area contributed by atoms with Crippen molar-refractivity contribution >= 4 is 11.6 Å². The molecule has 0 bridgehead atoms. The first-order chi connectivity index (χ1) is 9.29. The van der Waals surface area contributed by atoms with Crippen LogP contribution in [-0.4, -0.2) is 37.2 Å². The van der Waals surface area contributed by atoms with E-state index in [9.17, 15) is 4.79 Å². The number of amides is 1. The second-order valence-electron chi connectivity index (χ2n) is 4.17. The Morgan fingerprint density at radius 2 is 2.21 bits per heavy atom. The summed E-state index contributed by atoms with van der Waals surface area (Å²) >= 11 is 0. The number of pyridine rings is 1. The predicted molar refractivity (Wildman–Crippen MR) is 76.5 cm³/mol. The van der Waals surface area contributed by atoms with Crippen molar-refractivity contribution in [2.45, 2.75) is 26.7 Å². The van der Waals surface area contributed by atoms with Gasteiger partial charge in [-0.3, -0.25) is 9.78 Å². The minimum absolute atomic E-state index is 0.0751. The molecule has 0 saturated heterocycles. The minimum Gasteiger partial charge on any atom is -0.383 e. The maximum absolute atomic E-state index is 12.0. The molecular formula is C14H23N3O2. The fourth-order valence-electron chi connectivity index (χ4n) is 1.64. The summed E-state index contributed by atoms with van der Waals surface area (Å²) in [7, 11) is 0. The van der Waals surface area contributed by atoms with Gasteiger partial charge < -0.3 is 15.4 Å². The Morgan fingerprint density at radius 1 is 1.37 bits per heavy atom. The largest absolute Gasteiger partial charge is 0.383 e. The highest BCUT2D eigenvalue weighted by molar-refractivity contribution is 5.99. The highest BCUT2D eigenvalue weighted by Crippen LogP contribution is 2.12. The number of aromatic nitrogens is 1. The van der Waals surface area contributed by atoms with Crippen molar-refractivity contribution in [2.75, 3.05) is 31.6 Å².